The van der Waals surface area contributed by atoms with Crippen molar-refractivity contribution in [3.05, 3.63) is 91.3 Å². The summed E-state index contributed by atoms with van der Waals surface area (Å²) in [5.74, 6) is -0.337. The summed E-state index contributed by atoms with van der Waals surface area (Å²) in [6.45, 7) is 1.74. The van der Waals surface area contributed by atoms with E-state index in [4.69, 9.17) is 11.6 Å². The Labute approximate surface area is 153 Å². The minimum Gasteiger partial charge on any atom is -0.313 e. The van der Waals surface area contributed by atoms with Crippen LogP contribution in [0, 0.1) is 6.92 Å². The fourth-order valence-electron chi connectivity index (χ4n) is 2.41. The molecule has 0 aliphatic heterocycles. The summed E-state index contributed by atoms with van der Waals surface area (Å²) in [6.07, 6.45) is 1.10. The first-order chi connectivity index (χ1) is 12.5. The summed E-state index contributed by atoms with van der Waals surface area (Å²) in [5, 5.41) is 2.98. The number of aromatic amines is 1. The fraction of sp³-hybridized carbons (Fsp3) is 0.111. The van der Waals surface area contributed by atoms with Gasteiger partial charge >= 0.3 is 5.69 Å². The molecule has 2 N–H and O–H groups in total. The molecule has 0 unspecified atom stereocenters. The lowest BCUT2D eigenvalue weighted by atomic mass is 10.2. The molecule has 0 atom stereocenters. The van der Waals surface area contributed by atoms with E-state index in [0.29, 0.717) is 16.4 Å². The molecule has 0 saturated carbocycles. The van der Waals surface area contributed by atoms with Crippen molar-refractivity contribution in [2.24, 2.45) is 0 Å². The van der Waals surface area contributed by atoms with Gasteiger partial charge in [-0.25, -0.2) is 9.78 Å². The molecule has 1 aromatic carbocycles. The van der Waals surface area contributed by atoms with Crippen LogP contribution in [0.2, 0.25) is 5.02 Å². The summed E-state index contributed by atoms with van der Waals surface area (Å²) in [5.41, 5.74) is -0.209. The average molecular weight is 371 g/mol. The first-order valence-corrected chi connectivity index (χ1v) is 8.14. The highest BCUT2D eigenvalue weighted by Crippen LogP contribution is 2.15. The van der Waals surface area contributed by atoms with Crippen LogP contribution in [0.3, 0.4) is 0 Å². The summed E-state index contributed by atoms with van der Waals surface area (Å²) >= 11 is 6.09. The van der Waals surface area contributed by atoms with E-state index < -0.39 is 17.2 Å². The second kappa shape index (κ2) is 7.37. The third-order valence-corrected chi connectivity index (χ3v) is 4.09. The van der Waals surface area contributed by atoms with Gasteiger partial charge in [0.15, 0.2) is 0 Å². The number of halogens is 1. The molecule has 8 heteroatoms. The van der Waals surface area contributed by atoms with Crippen molar-refractivity contribution in [2.45, 2.75) is 13.5 Å². The molecule has 26 heavy (non-hydrogen) atoms. The summed E-state index contributed by atoms with van der Waals surface area (Å²) in [7, 11) is 0. The fourth-order valence-corrected chi connectivity index (χ4v) is 2.61. The standard InChI is InChI=1S/C18H15ClN4O3/c1-11-5-4-8-15(21-11)22-16(24)13-9-20-18(26)23(17(13)25)10-12-6-2-3-7-14(12)19/h2-9H,10H2,1H3,(H,20,26)(H,21,22,24). The molecular formula is C18H15ClN4O3. The highest BCUT2D eigenvalue weighted by molar-refractivity contribution is 6.31. The number of aryl methyl sites for hydroxylation is 1. The topological polar surface area (TPSA) is 96.9 Å². The van der Waals surface area contributed by atoms with E-state index in [1.807, 2.05) is 0 Å². The van der Waals surface area contributed by atoms with Gasteiger partial charge < -0.3 is 10.3 Å². The third-order valence-electron chi connectivity index (χ3n) is 3.72. The maximum atomic E-state index is 12.6. The van der Waals surface area contributed by atoms with Gasteiger partial charge in [-0.05, 0) is 30.7 Å². The predicted molar refractivity (Wildman–Crippen MR) is 98.8 cm³/mol. The van der Waals surface area contributed by atoms with Crippen LogP contribution >= 0.6 is 11.6 Å². The number of carbonyl (C=O) groups excluding carboxylic acids is 1. The first kappa shape index (κ1) is 17.6. The van der Waals surface area contributed by atoms with Gasteiger partial charge in [0.05, 0.1) is 6.54 Å². The van der Waals surface area contributed by atoms with Crippen LogP contribution in [0.1, 0.15) is 21.6 Å². The van der Waals surface area contributed by atoms with Crippen LogP contribution in [-0.2, 0) is 6.54 Å². The highest BCUT2D eigenvalue weighted by Gasteiger charge is 2.16. The molecule has 7 nitrogen and oxygen atoms in total. The Kier molecular flexibility index (Phi) is 4.99. The maximum absolute atomic E-state index is 12.6. The number of H-pyrrole nitrogens is 1. The van der Waals surface area contributed by atoms with Crippen molar-refractivity contribution in [2.75, 3.05) is 5.32 Å². The number of hydrogen-bond donors (Lipinski definition) is 2. The molecule has 0 aliphatic rings. The van der Waals surface area contributed by atoms with Gasteiger partial charge in [0.1, 0.15) is 11.4 Å². The Bertz CT molecular complexity index is 1090. The van der Waals surface area contributed by atoms with Crippen molar-refractivity contribution in [1.29, 1.82) is 0 Å². The molecule has 0 spiro atoms. The largest absolute Gasteiger partial charge is 0.328 e. The first-order valence-electron chi connectivity index (χ1n) is 7.76. The number of nitrogens with one attached hydrogen (secondary N) is 2. The van der Waals surface area contributed by atoms with E-state index in [1.165, 1.54) is 0 Å². The van der Waals surface area contributed by atoms with Gasteiger partial charge in [-0.2, -0.15) is 0 Å². The van der Waals surface area contributed by atoms with E-state index >= 15 is 0 Å². The lowest BCUT2D eigenvalue weighted by molar-refractivity contribution is 0.102. The number of aromatic nitrogens is 3. The molecule has 3 rings (SSSR count). The number of anilines is 1. The van der Waals surface area contributed by atoms with Crippen LogP contribution in [-0.4, -0.2) is 20.4 Å². The van der Waals surface area contributed by atoms with Crippen LogP contribution in [0.25, 0.3) is 0 Å². The van der Waals surface area contributed by atoms with Gasteiger partial charge in [-0.15, -0.1) is 0 Å². The van der Waals surface area contributed by atoms with Crippen LogP contribution < -0.4 is 16.6 Å². The van der Waals surface area contributed by atoms with Crippen LogP contribution in [0.15, 0.2) is 58.3 Å². The van der Waals surface area contributed by atoms with Crippen molar-refractivity contribution in [1.82, 2.24) is 14.5 Å². The van der Waals surface area contributed by atoms with Crippen LogP contribution in [0.4, 0.5) is 5.82 Å². The maximum Gasteiger partial charge on any atom is 0.328 e. The van der Waals surface area contributed by atoms with Crippen molar-refractivity contribution < 1.29 is 4.79 Å². The van der Waals surface area contributed by atoms with Gasteiger partial charge in [0, 0.05) is 16.9 Å². The van der Waals surface area contributed by atoms with Gasteiger partial charge in [-0.1, -0.05) is 35.9 Å². The zero-order valence-corrected chi connectivity index (χ0v) is 14.6. The number of rotatable bonds is 4. The highest BCUT2D eigenvalue weighted by atomic mass is 35.5. The number of nitrogens with zero attached hydrogens (tertiary/aromatic N) is 2. The lowest BCUT2D eigenvalue weighted by Crippen LogP contribution is -2.39. The minimum absolute atomic E-state index is 0.0440. The Morgan fingerprint density at radius 2 is 1.96 bits per heavy atom. The van der Waals surface area contributed by atoms with Crippen molar-refractivity contribution in [3.63, 3.8) is 0 Å². The van der Waals surface area contributed by atoms with Gasteiger partial charge in [0.2, 0.25) is 0 Å². The molecule has 3 aromatic rings. The molecule has 0 aliphatic carbocycles. The number of hydrogen-bond acceptors (Lipinski definition) is 4. The van der Waals surface area contributed by atoms with Crippen molar-refractivity contribution >= 4 is 23.3 Å². The second-order valence-corrected chi connectivity index (χ2v) is 6.02. The molecule has 2 aromatic heterocycles. The molecule has 0 radical (unpaired) electrons. The number of benzene rings is 1. The zero-order chi connectivity index (χ0) is 18.7. The summed E-state index contributed by atoms with van der Waals surface area (Å²) in [4.78, 5) is 43.7. The normalized spacial score (nSPS) is 10.5. The second-order valence-electron chi connectivity index (χ2n) is 5.61. The molecule has 2 heterocycles. The van der Waals surface area contributed by atoms with E-state index in [1.54, 1.807) is 49.4 Å². The Morgan fingerprint density at radius 3 is 2.69 bits per heavy atom. The van der Waals surface area contributed by atoms with E-state index in [-0.39, 0.29) is 12.1 Å². The molecular weight excluding hydrogens is 356 g/mol. The SMILES string of the molecule is Cc1cccc(NC(=O)c2c[nH]c(=O)n(Cc3ccccc3Cl)c2=O)n1. The number of carbonyl (C=O) groups is 1. The molecule has 1 amide bonds. The van der Waals surface area contributed by atoms with E-state index in [9.17, 15) is 14.4 Å². The van der Waals surface area contributed by atoms with E-state index in [2.05, 4.69) is 15.3 Å². The average Bonchev–Trinajstić information content (AvgIpc) is 2.60. The summed E-state index contributed by atoms with van der Waals surface area (Å²) in [6, 6.07) is 12.0. The minimum atomic E-state index is -0.709. The predicted octanol–water partition coefficient (Wildman–Crippen LogP) is 2.19. The monoisotopic (exact) mass is 370 g/mol. The van der Waals surface area contributed by atoms with E-state index in [0.717, 1.165) is 16.5 Å². The lowest BCUT2D eigenvalue weighted by Gasteiger charge is -2.09. The quantitative estimate of drug-likeness (QED) is 0.735. The van der Waals surface area contributed by atoms with Crippen molar-refractivity contribution in [3.8, 4) is 0 Å². The third kappa shape index (κ3) is 3.73. The molecule has 0 saturated heterocycles. The molecule has 0 fully saturated rings. The summed E-state index contributed by atoms with van der Waals surface area (Å²) < 4.78 is 0.930. The van der Waals surface area contributed by atoms with Crippen LogP contribution in [0.5, 0.6) is 0 Å². The Morgan fingerprint density at radius 1 is 1.19 bits per heavy atom. The molecule has 132 valence electrons. The molecule has 0 bridgehead atoms. The Hall–Kier alpha value is -3.19. The zero-order valence-electron chi connectivity index (χ0n) is 13.8. The number of pyridine rings is 1. The number of amides is 1. The Balaban J connectivity index is 1.94. The van der Waals surface area contributed by atoms with Gasteiger partial charge in [0.25, 0.3) is 11.5 Å². The van der Waals surface area contributed by atoms with Gasteiger partial charge in [-0.3, -0.25) is 14.2 Å². The smallest absolute Gasteiger partial charge is 0.313 e.